The highest BCUT2D eigenvalue weighted by atomic mass is 32.2. The molecule has 6 nitrogen and oxygen atoms in total. The number of aryl methyl sites for hydroxylation is 1. The van der Waals surface area contributed by atoms with Crippen molar-refractivity contribution < 1.29 is 13.2 Å². The Kier molecular flexibility index (Phi) is 4.84. The number of likely N-dealkylation sites (tertiary alicyclic amines) is 1. The molecular formula is C14H21N3O3S. The van der Waals surface area contributed by atoms with Crippen molar-refractivity contribution in [2.75, 3.05) is 25.4 Å². The lowest BCUT2D eigenvalue weighted by Gasteiger charge is -2.26. The SMILES string of the molecule is Cc1cccc(N)c1S(=O)(=O)NCC(=O)N1CCCCC1. The number of rotatable bonds is 4. The number of nitrogen functional groups attached to an aromatic ring is 1. The van der Waals surface area contributed by atoms with Crippen molar-refractivity contribution in [3.05, 3.63) is 23.8 Å². The zero-order chi connectivity index (χ0) is 15.5. The lowest BCUT2D eigenvalue weighted by atomic mass is 10.1. The number of hydrogen-bond donors (Lipinski definition) is 2. The summed E-state index contributed by atoms with van der Waals surface area (Å²) in [4.78, 5) is 13.8. The Morgan fingerprint density at radius 3 is 2.57 bits per heavy atom. The lowest BCUT2D eigenvalue weighted by Crippen LogP contribution is -2.42. The van der Waals surface area contributed by atoms with Gasteiger partial charge in [0, 0.05) is 13.1 Å². The smallest absolute Gasteiger partial charge is 0.243 e. The fraction of sp³-hybridized carbons (Fsp3) is 0.500. The van der Waals surface area contributed by atoms with Crippen molar-refractivity contribution in [3.63, 3.8) is 0 Å². The van der Waals surface area contributed by atoms with Crippen LogP contribution in [0.4, 0.5) is 5.69 Å². The minimum atomic E-state index is -3.78. The van der Waals surface area contributed by atoms with Crippen LogP contribution in [-0.4, -0.2) is 38.9 Å². The molecule has 21 heavy (non-hydrogen) atoms. The van der Waals surface area contributed by atoms with E-state index >= 15 is 0 Å². The molecule has 0 aromatic heterocycles. The summed E-state index contributed by atoms with van der Waals surface area (Å²) in [6.07, 6.45) is 3.07. The summed E-state index contributed by atoms with van der Waals surface area (Å²) in [7, 11) is -3.78. The van der Waals surface area contributed by atoms with Crippen LogP contribution in [0, 0.1) is 6.92 Å². The summed E-state index contributed by atoms with van der Waals surface area (Å²) < 4.78 is 27.0. The van der Waals surface area contributed by atoms with Gasteiger partial charge in [0.25, 0.3) is 0 Å². The van der Waals surface area contributed by atoms with E-state index in [-0.39, 0.29) is 23.0 Å². The second kappa shape index (κ2) is 6.44. The van der Waals surface area contributed by atoms with E-state index in [1.54, 1.807) is 24.0 Å². The molecule has 2 rings (SSSR count). The maximum absolute atomic E-state index is 12.3. The number of carbonyl (C=O) groups is 1. The average molecular weight is 311 g/mol. The number of nitrogens with two attached hydrogens (primary N) is 1. The zero-order valence-corrected chi connectivity index (χ0v) is 12.9. The normalized spacial score (nSPS) is 16.0. The Bertz CT molecular complexity index is 602. The first-order valence-corrected chi connectivity index (χ1v) is 8.52. The van der Waals surface area contributed by atoms with Crippen LogP contribution >= 0.6 is 0 Å². The number of nitrogens with one attached hydrogen (secondary N) is 1. The van der Waals surface area contributed by atoms with E-state index in [1.165, 1.54) is 6.07 Å². The molecule has 1 aromatic rings. The van der Waals surface area contributed by atoms with Gasteiger partial charge in [0.05, 0.1) is 12.2 Å². The largest absolute Gasteiger partial charge is 0.398 e. The summed E-state index contributed by atoms with van der Waals surface area (Å²) in [5, 5.41) is 0. The summed E-state index contributed by atoms with van der Waals surface area (Å²) in [5.74, 6) is -0.189. The predicted molar refractivity (Wildman–Crippen MR) is 81.2 cm³/mol. The third-order valence-corrected chi connectivity index (χ3v) is 5.25. The van der Waals surface area contributed by atoms with Crippen molar-refractivity contribution in [2.45, 2.75) is 31.1 Å². The molecule has 0 bridgehead atoms. The van der Waals surface area contributed by atoms with Gasteiger partial charge in [-0.05, 0) is 37.8 Å². The zero-order valence-electron chi connectivity index (χ0n) is 12.1. The highest BCUT2D eigenvalue weighted by Gasteiger charge is 2.23. The predicted octanol–water partition coefficient (Wildman–Crippen LogP) is 0.868. The molecule has 1 heterocycles. The highest BCUT2D eigenvalue weighted by Crippen LogP contribution is 2.21. The van der Waals surface area contributed by atoms with Crippen molar-refractivity contribution >= 4 is 21.6 Å². The Morgan fingerprint density at radius 2 is 1.95 bits per heavy atom. The van der Waals surface area contributed by atoms with Gasteiger partial charge in [-0.3, -0.25) is 4.79 Å². The van der Waals surface area contributed by atoms with Crippen molar-refractivity contribution in [1.29, 1.82) is 0 Å². The van der Waals surface area contributed by atoms with E-state index < -0.39 is 10.0 Å². The molecule has 0 atom stereocenters. The second-order valence-corrected chi connectivity index (χ2v) is 6.96. The van der Waals surface area contributed by atoms with E-state index in [2.05, 4.69) is 4.72 Å². The minimum absolute atomic E-state index is 0.0523. The first-order chi connectivity index (χ1) is 9.92. The van der Waals surface area contributed by atoms with Crippen LogP contribution in [0.2, 0.25) is 0 Å². The fourth-order valence-corrected chi connectivity index (χ4v) is 3.85. The van der Waals surface area contributed by atoms with Crippen LogP contribution in [0.3, 0.4) is 0 Å². The average Bonchev–Trinajstić information content (AvgIpc) is 2.45. The van der Waals surface area contributed by atoms with Crippen LogP contribution in [0.15, 0.2) is 23.1 Å². The Labute approximate surface area is 125 Å². The number of nitrogens with zero attached hydrogens (tertiary/aromatic N) is 1. The first-order valence-electron chi connectivity index (χ1n) is 7.04. The molecule has 1 fully saturated rings. The number of piperidine rings is 1. The molecule has 1 saturated heterocycles. The molecule has 7 heteroatoms. The molecule has 1 aliphatic heterocycles. The number of anilines is 1. The van der Waals surface area contributed by atoms with Crippen LogP contribution in [0.5, 0.6) is 0 Å². The van der Waals surface area contributed by atoms with E-state index in [9.17, 15) is 13.2 Å². The minimum Gasteiger partial charge on any atom is -0.398 e. The van der Waals surface area contributed by atoms with E-state index in [1.807, 2.05) is 0 Å². The van der Waals surface area contributed by atoms with Gasteiger partial charge in [0.1, 0.15) is 4.90 Å². The topological polar surface area (TPSA) is 92.5 Å². The number of sulfonamides is 1. The third kappa shape index (κ3) is 3.74. The Hall–Kier alpha value is -1.60. The van der Waals surface area contributed by atoms with Gasteiger partial charge in [0.15, 0.2) is 0 Å². The molecule has 1 aromatic carbocycles. The Morgan fingerprint density at radius 1 is 1.29 bits per heavy atom. The van der Waals surface area contributed by atoms with E-state index in [0.717, 1.165) is 19.3 Å². The quantitative estimate of drug-likeness (QED) is 0.807. The Balaban J connectivity index is 2.06. The number of hydrogen-bond acceptors (Lipinski definition) is 4. The molecule has 0 radical (unpaired) electrons. The summed E-state index contributed by atoms with van der Waals surface area (Å²) in [6.45, 7) is 2.85. The maximum atomic E-state index is 12.3. The molecule has 0 unspecified atom stereocenters. The van der Waals surface area contributed by atoms with Gasteiger partial charge in [-0.1, -0.05) is 12.1 Å². The van der Waals surface area contributed by atoms with E-state index in [0.29, 0.717) is 18.7 Å². The van der Waals surface area contributed by atoms with E-state index in [4.69, 9.17) is 5.73 Å². The molecular weight excluding hydrogens is 290 g/mol. The molecule has 0 aliphatic carbocycles. The van der Waals surface area contributed by atoms with Crippen molar-refractivity contribution in [3.8, 4) is 0 Å². The fourth-order valence-electron chi connectivity index (χ4n) is 2.53. The summed E-state index contributed by atoms with van der Waals surface area (Å²) in [6, 6.07) is 4.91. The van der Waals surface area contributed by atoms with Gasteiger partial charge in [-0.2, -0.15) is 0 Å². The van der Waals surface area contributed by atoms with Gasteiger partial charge < -0.3 is 10.6 Å². The maximum Gasteiger partial charge on any atom is 0.243 e. The lowest BCUT2D eigenvalue weighted by molar-refractivity contribution is -0.130. The van der Waals surface area contributed by atoms with Gasteiger partial charge in [-0.15, -0.1) is 0 Å². The summed E-state index contributed by atoms with van der Waals surface area (Å²) in [5.41, 5.74) is 6.49. The third-order valence-electron chi connectivity index (χ3n) is 3.63. The molecule has 0 spiro atoms. The first kappa shape index (κ1) is 15.8. The van der Waals surface area contributed by atoms with Crippen LogP contribution in [0.25, 0.3) is 0 Å². The number of amides is 1. The van der Waals surface area contributed by atoms with Crippen molar-refractivity contribution in [1.82, 2.24) is 9.62 Å². The number of carbonyl (C=O) groups excluding carboxylic acids is 1. The molecule has 1 aliphatic rings. The van der Waals surface area contributed by atoms with Gasteiger partial charge >= 0.3 is 0 Å². The van der Waals surface area contributed by atoms with Crippen LogP contribution < -0.4 is 10.5 Å². The molecule has 3 N–H and O–H groups in total. The van der Waals surface area contributed by atoms with Gasteiger partial charge in [-0.25, -0.2) is 13.1 Å². The standard InChI is InChI=1S/C14H21N3O3S/c1-11-6-5-7-12(15)14(11)21(19,20)16-10-13(18)17-8-3-2-4-9-17/h5-7,16H,2-4,8-10,15H2,1H3. The highest BCUT2D eigenvalue weighted by molar-refractivity contribution is 7.89. The van der Waals surface area contributed by atoms with Crippen LogP contribution in [0.1, 0.15) is 24.8 Å². The number of benzene rings is 1. The molecule has 1 amide bonds. The molecule has 116 valence electrons. The monoisotopic (exact) mass is 311 g/mol. The second-order valence-electron chi connectivity index (χ2n) is 5.26. The van der Waals surface area contributed by atoms with Crippen LogP contribution in [-0.2, 0) is 14.8 Å². The molecule has 0 saturated carbocycles. The van der Waals surface area contributed by atoms with Gasteiger partial charge in [0.2, 0.25) is 15.9 Å². The van der Waals surface area contributed by atoms with Crippen molar-refractivity contribution in [2.24, 2.45) is 0 Å². The summed E-state index contributed by atoms with van der Waals surface area (Å²) >= 11 is 0.